The number of aliphatic imine (C=N–C) groups is 1. The molecule has 0 saturated carbocycles. The fraction of sp³-hybridized carbons (Fsp3) is 0.0909. The predicted octanol–water partition coefficient (Wildman–Crippen LogP) is 6.04. The number of nitrogens with zero attached hydrogens (tertiary/aromatic N) is 2. The Morgan fingerprint density at radius 1 is 1.07 bits per heavy atom. The van der Waals surface area contributed by atoms with Crippen LogP contribution in [-0.4, -0.2) is 20.4 Å². The largest absolute Gasteiger partial charge is 0.493 e. The van der Waals surface area contributed by atoms with Gasteiger partial charge in [-0.05, 0) is 64.6 Å². The van der Waals surface area contributed by atoms with Gasteiger partial charge in [-0.15, -0.1) is 0 Å². The molecule has 0 bridgehead atoms. The van der Waals surface area contributed by atoms with Crippen LogP contribution in [0.4, 0.5) is 5.88 Å². The Balaban J connectivity index is 1.82. The number of nitriles is 1. The SMILES string of the molecule is COc1cc(C=Nc2oc(-c3ccco3)c(-c3ccco3)c2C#N)cc(I)c1OC. The van der Waals surface area contributed by atoms with E-state index in [1.807, 2.05) is 6.07 Å². The van der Waals surface area contributed by atoms with E-state index in [-0.39, 0.29) is 11.4 Å². The Morgan fingerprint density at radius 3 is 2.40 bits per heavy atom. The molecule has 3 aromatic heterocycles. The lowest BCUT2D eigenvalue weighted by molar-refractivity contribution is 0.353. The molecule has 0 aliphatic heterocycles. The molecule has 0 N–H and O–H groups in total. The van der Waals surface area contributed by atoms with Crippen LogP contribution in [0, 0.1) is 14.9 Å². The number of ether oxygens (including phenoxy) is 2. The third-order valence-corrected chi connectivity index (χ3v) is 5.10. The number of halogens is 1. The van der Waals surface area contributed by atoms with Crippen molar-refractivity contribution >= 4 is 34.7 Å². The molecule has 0 spiro atoms. The summed E-state index contributed by atoms with van der Waals surface area (Å²) in [7, 11) is 3.16. The first-order valence-corrected chi connectivity index (χ1v) is 9.84. The molecule has 3 heterocycles. The van der Waals surface area contributed by atoms with Gasteiger partial charge in [-0.1, -0.05) is 0 Å². The molecule has 0 amide bonds. The van der Waals surface area contributed by atoms with Crippen molar-refractivity contribution in [3.05, 3.63) is 63.6 Å². The van der Waals surface area contributed by atoms with E-state index in [2.05, 4.69) is 33.7 Å². The zero-order valence-electron chi connectivity index (χ0n) is 16.0. The lowest BCUT2D eigenvalue weighted by Crippen LogP contribution is -1.95. The summed E-state index contributed by atoms with van der Waals surface area (Å²) in [5.74, 6) is 2.72. The molecule has 0 atom stereocenters. The summed E-state index contributed by atoms with van der Waals surface area (Å²) in [5.41, 5.74) is 1.51. The fourth-order valence-electron chi connectivity index (χ4n) is 3.00. The molecule has 0 fully saturated rings. The summed E-state index contributed by atoms with van der Waals surface area (Å²) in [6, 6.07) is 12.8. The van der Waals surface area contributed by atoms with E-state index in [0.717, 1.165) is 9.13 Å². The van der Waals surface area contributed by atoms with Gasteiger partial charge < -0.3 is 22.7 Å². The van der Waals surface area contributed by atoms with Crippen LogP contribution in [-0.2, 0) is 0 Å². The third-order valence-electron chi connectivity index (χ3n) is 4.30. The fourth-order valence-corrected chi connectivity index (χ4v) is 3.84. The van der Waals surface area contributed by atoms with Crippen molar-refractivity contribution < 1.29 is 22.7 Å². The number of benzene rings is 1. The summed E-state index contributed by atoms with van der Waals surface area (Å²) in [5, 5.41) is 9.81. The van der Waals surface area contributed by atoms with Crippen molar-refractivity contribution in [2.24, 2.45) is 4.99 Å². The van der Waals surface area contributed by atoms with Crippen LogP contribution < -0.4 is 9.47 Å². The minimum absolute atomic E-state index is 0.153. The van der Waals surface area contributed by atoms with Crippen LogP contribution in [0.25, 0.3) is 22.8 Å². The van der Waals surface area contributed by atoms with Gasteiger partial charge in [0, 0.05) is 6.21 Å². The Hall–Kier alpha value is -3.45. The van der Waals surface area contributed by atoms with Crippen molar-refractivity contribution in [1.82, 2.24) is 0 Å². The Labute approximate surface area is 185 Å². The number of furan rings is 3. The minimum atomic E-state index is 0.153. The number of hydrogen-bond acceptors (Lipinski definition) is 7. The summed E-state index contributed by atoms with van der Waals surface area (Å²) in [4.78, 5) is 4.42. The van der Waals surface area contributed by atoms with E-state index in [4.69, 9.17) is 22.7 Å². The van der Waals surface area contributed by atoms with E-state index >= 15 is 0 Å². The van der Waals surface area contributed by atoms with E-state index in [1.54, 1.807) is 50.8 Å². The molecule has 7 nitrogen and oxygen atoms in total. The maximum atomic E-state index is 9.81. The molecule has 4 rings (SSSR count). The van der Waals surface area contributed by atoms with Crippen LogP contribution in [0.5, 0.6) is 11.5 Å². The normalized spacial score (nSPS) is 11.0. The maximum Gasteiger partial charge on any atom is 0.238 e. The van der Waals surface area contributed by atoms with Crippen molar-refractivity contribution in [2.45, 2.75) is 0 Å². The standard InChI is InChI=1S/C22H15IN2O5/c1-26-18-10-13(9-15(23)20(18)27-2)12-25-22-14(11-24)19(16-5-3-7-28-16)21(30-22)17-6-4-8-29-17/h3-10,12H,1-2H3. The minimum Gasteiger partial charge on any atom is -0.493 e. The Morgan fingerprint density at radius 2 is 1.80 bits per heavy atom. The molecule has 150 valence electrons. The van der Waals surface area contributed by atoms with Gasteiger partial charge in [0.05, 0.1) is 35.9 Å². The number of methoxy groups -OCH3 is 2. The smallest absolute Gasteiger partial charge is 0.238 e. The van der Waals surface area contributed by atoms with E-state index in [9.17, 15) is 5.26 Å². The maximum absolute atomic E-state index is 9.81. The van der Waals surface area contributed by atoms with Gasteiger partial charge in [0.15, 0.2) is 23.0 Å². The summed E-state index contributed by atoms with van der Waals surface area (Å²) >= 11 is 2.16. The Kier molecular flexibility index (Phi) is 5.63. The quantitative estimate of drug-likeness (QED) is 0.230. The van der Waals surface area contributed by atoms with Gasteiger partial charge in [0.25, 0.3) is 0 Å². The molecule has 4 aromatic rings. The molecule has 8 heteroatoms. The number of rotatable bonds is 6. The second kappa shape index (κ2) is 8.51. The molecule has 1 aromatic carbocycles. The molecule has 0 aliphatic rings. The highest BCUT2D eigenvalue weighted by atomic mass is 127. The van der Waals surface area contributed by atoms with Gasteiger partial charge in [-0.3, -0.25) is 0 Å². The van der Waals surface area contributed by atoms with Crippen molar-refractivity contribution in [2.75, 3.05) is 14.2 Å². The molecular formula is C22H15IN2O5. The summed E-state index contributed by atoms with van der Waals surface area (Å²) in [6.07, 6.45) is 4.66. The molecule has 0 aliphatic carbocycles. The van der Waals surface area contributed by atoms with Crippen LogP contribution in [0.1, 0.15) is 11.1 Å². The molecule has 0 radical (unpaired) electrons. The van der Waals surface area contributed by atoms with Crippen LogP contribution >= 0.6 is 22.6 Å². The first-order chi connectivity index (χ1) is 14.7. The van der Waals surface area contributed by atoms with Gasteiger partial charge in [-0.2, -0.15) is 5.26 Å². The van der Waals surface area contributed by atoms with Crippen molar-refractivity contribution in [3.8, 4) is 40.4 Å². The molecule has 30 heavy (non-hydrogen) atoms. The van der Waals surface area contributed by atoms with Gasteiger partial charge in [0.1, 0.15) is 17.4 Å². The summed E-state index contributed by atoms with van der Waals surface area (Å²) in [6.45, 7) is 0. The average Bonchev–Trinajstić information content (AvgIpc) is 3.51. The van der Waals surface area contributed by atoms with E-state index in [0.29, 0.717) is 34.3 Å². The van der Waals surface area contributed by atoms with Crippen LogP contribution in [0.2, 0.25) is 0 Å². The third kappa shape index (κ3) is 3.59. The van der Waals surface area contributed by atoms with E-state index < -0.39 is 0 Å². The topological polar surface area (TPSA) is 94.0 Å². The first-order valence-electron chi connectivity index (χ1n) is 8.76. The van der Waals surface area contributed by atoms with Crippen LogP contribution in [0.3, 0.4) is 0 Å². The predicted molar refractivity (Wildman–Crippen MR) is 118 cm³/mol. The lowest BCUT2D eigenvalue weighted by atomic mass is 10.1. The number of hydrogen-bond donors (Lipinski definition) is 0. The highest BCUT2D eigenvalue weighted by molar-refractivity contribution is 14.1. The van der Waals surface area contributed by atoms with Gasteiger partial charge in [0.2, 0.25) is 5.88 Å². The zero-order valence-corrected chi connectivity index (χ0v) is 18.2. The highest BCUT2D eigenvalue weighted by Crippen LogP contribution is 2.43. The van der Waals surface area contributed by atoms with Crippen molar-refractivity contribution in [3.63, 3.8) is 0 Å². The van der Waals surface area contributed by atoms with Gasteiger partial charge in [-0.25, -0.2) is 4.99 Å². The van der Waals surface area contributed by atoms with Gasteiger partial charge >= 0.3 is 0 Å². The molecule has 0 unspecified atom stereocenters. The zero-order chi connectivity index (χ0) is 21.1. The molecule has 0 saturated heterocycles. The van der Waals surface area contributed by atoms with Crippen molar-refractivity contribution in [1.29, 1.82) is 5.26 Å². The summed E-state index contributed by atoms with van der Waals surface area (Å²) < 4.78 is 28.5. The van der Waals surface area contributed by atoms with E-state index in [1.165, 1.54) is 12.5 Å². The van der Waals surface area contributed by atoms with Crippen LogP contribution in [0.15, 0.2) is 67.2 Å². The Bertz CT molecular complexity index is 1230. The monoisotopic (exact) mass is 514 g/mol. The lowest BCUT2D eigenvalue weighted by Gasteiger charge is -2.10. The first kappa shape index (κ1) is 19.8. The molecular weight excluding hydrogens is 499 g/mol. The second-order valence-electron chi connectivity index (χ2n) is 6.05. The second-order valence-corrected chi connectivity index (χ2v) is 7.21. The highest BCUT2D eigenvalue weighted by Gasteiger charge is 2.26. The average molecular weight is 514 g/mol.